The van der Waals surface area contributed by atoms with Crippen LogP contribution in [0.1, 0.15) is 51.9 Å². The maximum Gasteiger partial charge on any atom is -0.00187 e. The Kier molecular flexibility index (Phi) is 7.87. The van der Waals surface area contributed by atoms with E-state index < -0.39 is 0 Å². The maximum atomic E-state index is 3.63. The van der Waals surface area contributed by atoms with Crippen LogP contribution in [-0.4, -0.2) is 38.1 Å². The van der Waals surface area contributed by atoms with Crippen LogP contribution in [0.2, 0.25) is 0 Å². The zero-order chi connectivity index (χ0) is 11.6. The fraction of sp³-hybridized carbons (Fsp3) is 1.00. The van der Waals surface area contributed by atoms with Gasteiger partial charge in [0.25, 0.3) is 0 Å². The number of hydrogen-bond donors (Lipinski definition) is 1. The quantitative estimate of drug-likeness (QED) is 0.640. The highest BCUT2D eigenvalue weighted by Crippen LogP contribution is 2.14. The van der Waals surface area contributed by atoms with Gasteiger partial charge in [-0.05, 0) is 58.4 Å². The Bertz CT molecular complexity index is 151. The molecule has 0 saturated carbocycles. The predicted molar refractivity (Wildman–Crippen MR) is 71.8 cm³/mol. The Morgan fingerprint density at radius 1 is 1.06 bits per heavy atom. The fourth-order valence-corrected chi connectivity index (χ4v) is 2.43. The van der Waals surface area contributed by atoms with Crippen molar-refractivity contribution < 1.29 is 0 Å². The first kappa shape index (κ1) is 14.0. The van der Waals surface area contributed by atoms with Gasteiger partial charge >= 0.3 is 0 Å². The van der Waals surface area contributed by atoms with E-state index in [1.807, 2.05) is 0 Å². The SMILES string of the molecule is CCCCCCCNCC1CCN(C)CC1. The van der Waals surface area contributed by atoms with E-state index in [1.165, 1.54) is 71.1 Å². The predicted octanol–water partition coefficient (Wildman–Crippen LogP) is 2.89. The van der Waals surface area contributed by atoms with Gasteiger partial charge < -0.3 is 10.2 Å². The molecule has 0 bridgehead atoms. The number of hydrogen-bond acceptors (Lipinski definition) is 2. The van der Waals surface area contributed by atoms with Crippen molar-refractivity contribution in [2.24, 2.45) is 5.92 Å². The van der Waals surface area contributed by atoms with E-state index in [2.05, 4.69) is 24.2 Å². The minimum atomic E-state index is 0.937. The Labute approximate surface area is 102 Å². The van der Waals surface area contributed by atoms with Crippen molar-refractivity contribution in [1.82, 2.24) is 10.2 Å². The highest BCUT2D eigenvalue weighted by molar-refractivity contribution is 4.71. The summed E-state index contributed by atoms with van der Waals surface area (Å²) in [6.07, 6.45) is 9.74. The Morgan fingerprint density at radius 2 is 1.75 bits per heavy atom. The smallest absolute Gasteiger partial charge is 0.00187 e. The topological polar surface area (TPSA) is 15.3 Å². The molecule has 0 aromatic carbocycles. The molecule has 1 aliphatic heterocycles. The number of piperidine rings is 1. The second-order valence-corrected chi connectivity index (χ2v) is 5.36. The van der Waals surface area contributed by atoms with Crippen LogP contribution in [-0.2, 0) is 0 Å². The highest BCUT2D eigenvalue weighted by Gasteiger charge is 2.15. The molecule has 0 aromatic heterocycles. The molecular weight excluding hydrogens is 196 g/mol. The van der Waals surface area contributed by atoms with E-state index in [9.17, 15) is 0 Å². The molecule has 2 nitrogen and oxygen atoms in total. The number of nitrogens with zero attached hydrogens (tertiary/aromatic N) is 1. The summed E-state index contributed by atoms with van der Waals surface area (Å²) in [6.45, 7) is 7.35. The molecule has 1 aliphatic rings. The van der Waals surface area contributed by atoms with Gasteiger partial charge in [-0.2, -0.15) is 0 Å². The van der Waals surface area contributed by atoms with Crippen molar-refractivity contribution in [3.05, 3.63) is 0 Å². The van der Waals surface area contributed by atoms with Crippen LogP contribution in [0.5, 0.6) is 0 Å². The largest absolute Gasteiger partial charge is 0.316 e. The average Bonchev–Trinajstić information content (AvgIpc) is 2.30. The molecule has 1 heterocycles. The lowest BCUT2D eigenvalue weighted by atomic mass is 9.97. The molecule has 96 valence electrons. The lowest BCUT2D eigenvalue weighted by Crippen LogP contribution is -2.35. The third kappa shape index (κ3) is 6.49. The molecule has 1 saturated heterocycles. The van der Waals surface area contributed by atoms with Gasteiger partial charge in [-0.15, -0.1) is 0 Å². The number of likely N-dealkylation sites (tertiary alicyclic amines) is 1. The minimum absolute atomic E-state index is 0.937. The summed E-state index contributed by atoms with van der Waals surface area (Å²) in [5.41, 5.74) is 0. The minimum Gasteiger partial charge on any atom is -0.316 e. The summed E-state index contributed by atoms with van der Waals surface area (Å²) < 4.78 is 0. The molecule has 0 unspecified atom stereocenters. The first-order valence-electron chi connectivity index (χ1n) is 7.22. The standard InChI is InChI=1S/C14H30N2/c1-3-4-5-6-7-10-15-13-14-8-11-16(2)12-9-14/h14-15H,3-13H2,1-2H3. The summed E-state index contributed by atoms with van der Waals surface area (Å²) in [6, 6.07) is 0. The van der Waals surface area contributed by atoms with Crippen molar-refractivity contribution in [3.63, 3.8) is 0 Å². The second-order valence-electron chi connectivity index (χ2n) is 5.36. The van der Waals surface area contributed by atoms with Gasteiger partial charge in [-0.25, -0.2) is 0 Å². The van der Waals surface area contributed by atoms with Crippen LogP contribution in [0.25, 0.3) is 0 Å². The number of unbranched alkanes of at least 4 members (excludes halogenated alkanes) is 4. The van der Waals surface area contributed by atoms with E-state index in [1.54, 1.807) is 0 Å². The molecule has 0 radical (unpaired) electrons. The van der Waals surface area contributed by atoms with Crippen molar-refractivity contribution in [1.29, 1.82) is 0 Å². The van der Waals surface area contributed by atoms with Crippen molar-refractivity contribution >= 4 is 0 Å². The maximum absolute atomic E-state index is 3.63. The van der Waals surface area contributed by atoms with Gasteiger partial charge in [0, 0.05) is 0 Å². The number of rotatable bonds is 8. The van der Waals surface area contributed by atoms with Gasteiger partial charge in [-0.1, -0.05) is 32.6 Å². The van der Waals surface area contributed by atoms with E-state index in [-0.39, 0.29) is 0 Å². The molecule has 0 spiro atoms. The molecule has 1 N–H and O–H groups in total. The van der Waals surface area contributed by atoms with Crippen LogP contribution < -0.4 is 5.32 Å². The van der Waals surface area contributed by atoms with Crippen molar-refractivity contribution in [3.8, 4) is 0 Å². The van der Waals surface area contributed by atoms with Gasteiger partial charge in [-0.3, -0.25) is 0 Å². The van der Waals surface area contributed by atoms with Crippen LogP contribution in [0.4, 0.5) is 0 Å². The molecule has 0 aliphatic carbocycles. The fourth-order valence-electron chi connectivity index (χ4n) is 2.43. The normalized spacial score (nSPS) is 19.1. The second kappa shape index (κ2) is 9.00. The van der Waals surface area contributed by atoms with E-state index in [0.717, 1.165) is 5.92 Å². The lowest BCUT2D eigenvalue weighted by molar-refractivity contribution is 0.216. The van der Waals surface area contributed by atoms with Crippen molar-refractivity contribution in [2.75, 3.05) is 33.2 Å². The first-order chi connectivity index (χ1) is 7.83. The van der Waals surface area contributed by atoms with Gasteiger partial charge in [0.1, 0.15) is 0 Å². The number of nitrogens with one attached hydrogen (secondary N) is 1. The van der Waals surface area contributed by atoms with Crippen LogP contribution in [0, 0.1) is 5.92 Å². The highest BCUT2D eigenvalue weighted by atomic mass is 15.1. The van der Waals surface area contributed by atoms with E-state index in [4.69, 9.17) is 0 Å². The third-order valence-electron chi connectivity index (χ3n) is 3.73. The third-order valence-corrected chi connectivity index (χ3v) is 3.73. The molecule has 0 atom stereocenters. The first-order valence-corrected chi connectivity index (χ1v) is 7.22. The average molecular weight is 226 g/mol. The van der Waals surface area contributed by atoms with Gasteiger partial charge in [0.15, 0.2) is 0 Å². The lowest BCUT2D eigenvalue weighted by Gasteiger charge is -2.29. The summed E-state index contributed by atoms with van der Waals surface area (Å²) in [5.74, 6) is 0.937. The van der Waals surface area contributed by atoms with Gasteiger partial charge in [0.05, 0.1) is 0 Å². The summed E-state index contributed by atoms with van der Waals surface area (Å²) in [4.78, 5) is 2.45. The molecule has 0 amide bonds. The van der Waals surface area contributed by atoms with Crippen LogP contribution >= 0.6 is 0 Å². The molecule has 1 rings (SSSR count). The zero-order valence-electron chi connectivity index (χ0n) is 11.3. The van der Waals surface area contributed by atoms with Crippen molar-refractivity contribution in [2.45, 2.75) is 51.9 Å². The molecule has 1 fully saturated rings. The monoisotopic (exact) mass is 226 g/mol. The molecule has 0 aromatic rings. The summed E-state index contributed by atoms with van der Waals surface area (Å²) >= 11 is 0. The van der Waals surface area contributed by atoms with Crippen LogP contribution in [0.15, 0.2) is 0 Å². The Hall–Kier alpha value is -0.0800. The zero-order valence-corrected chi connectivity index (χ0v) is 11.3. The van der Waals surface area contributed by atoms with Gasteiger partial charge in [0.2, 0.25) is 0 Å². The van der Waals surface area contributed by atoms with E-state index >= 15 is 0 Å². The molecule has 16 heavy (non-hydrogen) atoms. The summed E-state index contributed by atoms with van der Waals surface area (Å²) in [5, 5.41) is 3.63. The van der Waals surface area contributed by atoms with E-state index in [0.29, 0.717) is 0 Å². The molecule has 2 heteroatoms. The Balaban J connectivity index is 1.84. The molecular formula is C14H30N2. The Morgan fingerprint density at radius 3 is 2.44 bits per heavy atom. The summed E-state index contributed by atoms with van der Waals surface area (Å²) in [7, 11) is 2.23. The van der Waals surface area contributed by atoms with Crippen LogP contribution in [0.3, 0.4) is 0 Å².